The lowest BCUT2D eigenvalue weighted by Gasteiger charge is -2.45. The summed E-state index contributed by atoms with van der Waals surface area (Å²) < 4.78 is 7.01. The fourth-order valence-corrected chi connectivity index (χ4v) is 5.21. The molecule has 0 N–H and O–H groups in total. The molecule has 4 rings (SSSR count). The Hall–Kier alpha value is -0.980. The van der Waals surface area contributed by atoms with Gasteiger partial charge in [0.25, 0.3) is 5.91 Å². The highest BCUT2D eigenvalue weighted by Crippen LogP contribution is 2.35. The molecular weight excluding hydrogens is 406 g/mol. The molecule has 0 radical (unpaired) electrons. The van der Waals surface area contributed by atoms with E-state index in [1.54, 1.807) is 12.4 Å². The molecule has 4 heterocycles. The number of halogens is 1. The summed E-state index contributed by atoms with van der Waals surface area (Å²) >= 11 is 3.40. The van der Waals surface area contributed by atoms with E-state index < -0.39 is 0 Å². The second-order valence-electron chi connectivity index (χ2n) is 8.42. The molecule has 27 heavy (non-hydrogen) atoms. The number of rotatable bonds is 3. The van der Waals surface area contributed by atoms with Crippen molar-refractivity contribution in [3.05, 3.63) is 28.5 Å². The van der Waals surface area contributed by atoms with Gasteiger partial charge in [0.1, 0.15) is 0 Å². The lowest BCUT2D eigenvalue weighted by molar-refractivity contribution is -0.112. The van der Waals surface area contributed by atoms with Crippen LogP contribution in [0.1, 0.15) is 55.3 Å². The van der Waals surface area contributed by atoms with Crippen LogP contribution in [0.2, 0.25) is 0 Å². The van der Waals surface area contributed by atoms with Crippen molar-refractivity contribution in [2.24, 2.45) is 5.92 Å². The van der Waals surface area contributed by atoms with Gasteiger partial charge in [-0.1, -0.05) is 0 Å². The van der Waals surface area contributed by atoms with Crippen molar-refractivity contribution in [3.8, 4) is 0 Å². The Bertz CT molecular complexity index is 645. The van der Waals surface area contributed by atoms with Crippen molar-refractivity contribution < 1.29 is 9.53 Å². The molecule has 6 heteroatoms. The van der Waals surface area contributed by atoms with Crippen molar-refractivity contribution in [3.63, 3.8) is 0 Å². The molecule has 1 amide bonds. The predicted octanol–water partition coefficient (Wildman–Crippen LogP) is 3.73. The molecule has 5 nitrogen and oxygen atoms in total. The molecule has 1 aromatic rings. The van der Waals surface area contributed by atoms with Gasteiger partial charge in [-0.25, -0.2) is 0 Å². The molecule has 148 valence electrons. The SMILES string of the molecule is O=C(c1cncc(Br)c1)N1CCC(CN2CCC3(CCCCO3)CC2)CC1. The van der Waals surface area contributed by atoms with Gasteiger partial charge in [0.05, 0.1) is 11.2 Å². The molecule has 1 aromatic heterocycles. The van der Waals surface area contributed by atoms with E-state index in [0.717, 1.165) is 37.0 Å². The first kappa shape index (κ1) is 19.3. The van der Waals surface area contributed by atoms with Crippen LogP contribution in [0.15, 0.2) is 22.9 Å². The lowest BCUT2D eigenvalue weighted by Crippen LogP contribution is -2.49. The van der Waals surface area contributed by atoms with Crippen molar-refractivity contribution in [2.45, 2.75) is 50.5 Å². The second kappa shape index (κ2) is 8.58. The smallest absolute Gasteiger partial charge is 0.255 e. The third-order valence-electron chi connectivity index (χ3n) is 6.57. The van der Waals surface area contributed by atoms with Crippen LogP contribution in [-0.2, 0) is 4.74 Å². The average molecular weight is 436 g/mol. The molecule has 0 aromatic carbocycles. The Labute approximate surface area is 170 Å². The molecule has 1 spiro atoms. The van der Waals surface area contributed by atoms with Crippen molar-refractivity contribution in [1.82, 2.24) is 14.8 Å². The Morgan fingerprint density at radius 3 is 2.59 bits per heavy atom. The van der Waals surface area contributed by atoms with E-state index >= 15 is 0 Å². The molecule has 3 fully saturated rings. The van der Waals surface area contributed by atoms with E-state index in [4.69, 9.17) is 4.74 Å². The van der Waals surface area contributed by atoms with Gasteiger partial charge in [-0.3, -0.25) is 9.78 Å². The number of amides is 1. The molecular formula is C21H30BrN3O2. The first-order valence-electron chi connectivity index (χ1n) is 10.4. The number of hydrogen-bond acceptors (Lipinski definition) is 4. The van der Waals surface area contributed by atoms with Crippen LogP contribution < -0.4 is 0 Å². The van der Waals surface area contributed by atoms with Gasteiger partial charge in [-0.2, -0.15) is 0 Å². The van der Waals surface area contributed by atoms with Crippen LogP contribution >= 0.6 is 15.9 Å². The summed E-state index contributed by atoms with van der Waals surface area (Å²) in [5.41, 5.74) is 0.874. The number of ether oxygens (including phenoxy) is 1. The van der Waals surface area contributed by atoms with E-state index in [1.165, 1.54) is 51.7 Å². The zero-order valence-corrected chi connectivity index (χ0v) is 17.6. The normalized spacial score (nSPS) is 24.3. The Morgan fingerprint density at radius 1 is 1.15 bits per heavy atom. The van der Waals surface area contributed by atoms with Gasteiger partial charge < -0.3 is 14.5 Å². The summed E-state index contributed by atoms with van der Waals surface area (Å²) in [5, 5.41) is 0. The van der Waals surface area contributed by atoms with Gasteiger partial charge in [0.15, 0.2) is 0 Å². The monoisotopic (exact) mass is 435 g/mol. The third-order valence-corrected chi connectivity index (χ3v) is 7.01. The van der Waals surface area contributed by atoms with Crippen LogP contribution in [0.4, 0.5) is 0 Å². The van der Waals surface area contributed by atoms with E-state index in [-0.39, 0.29) is 11.5 Å². The van der Waals surface area contributed by atoms with Crippen LogP contribution in [0, 0.1) is 5.92 Å². The largest absolute Gasteiger partial charge is 0.375 e. The lowest BCUT2D eigenvalue weighted by atomic mass is 9.84. The molecule has 0 saturated carbocycles. The van der Waals surface area contributed by atoms with E-state index in [1.807, 2.05) is 11.0 Å². The van der Waals surface area contributed by atoms with Crippen molar-refractivity contribution >= 4 is 21.8 Å². The summed E-state index contributed by atoms with van der Waals surface area (Å²) in [4.78, 5) is 21.4. The fourth-order valence-electron chi connectivity index (χ4n) is 4.84. The molecule has 3 saturated heterocycles. The van der Waals surface area contributed by atoms with Crippen molar-refractivity contribution in [1.29, 1.82) is 0 Å². The molecule has 3 aliphatic heterocycles. The standard InChI is InChI=1S/C21H30BrN3O2/c22-19-13-18(14-23-15-19)20(26)25-8-3-17(4-9-25)16-24-10-6-21(7-11-24)5-1-2-12-27-21/h13-15,17H,1-12,16H2. The Kier molecular flexibility index (Phi) is 6.15. The first-order chi connectivity index (χ1) is 13.1. The average Bonchev–Trinajstić information content (AvgIpc) is 2.71. The number of aromatic nitrogens is 1. The Morgan fingerprint density at radius 2 is 1.93 bits per heavy atom. The van der Waals surface area contributed by atoms with E-state index in [0.29, 0.717) is 11.5 Å². The molecule has 0 aliphatic carbocycles. The highest BCUT2D eigenvalue weighted by atomic mass is 79.9. The number of likely N-dealkylation sites (tertiary alicyclic amines) is 2. The van der Waals surface area contributed by atoms with E-state index in [9.17, 15) is 4.79 Å². The van der Waals surface area contributed by atoms with Crippen molar-refractivity contribution in [2.75, 3.05) is 39.3 Å². The maximum atomic E-state index is 12.7. The van der Waals surface area contributed by atoms with Gasteiger partial charge in [0, 0.05) is 56.2 Å². The summed E-state index contributed by atoms with van der Waals surface area (Å²) in [6.45, 7) is 6.19. The van der Waals surface area contributed by atoms with Crippen LogP contribution in [0.3, 0.4) is 0 Å². The predicted molar refractivity (Wildman–Crippen MR) is 109 cm³/mol. The molecule has 0 bridgehead atoms. The summed E-state index contributed by atoms with van der Waals surface area (Å²) in [7, 11) is 0. The van der Waals surface area contributed by atoms with E-state index in [2.05, 4.69) is 25.8 Å². The minimum absolute atomic E-state index is 0.108. The third kappa shape index (κ3) is 4.72. The first-order valence-corrected chi connectivity index (χ1v) is 11.2. The maximum Gasteiger partial charge on any atom is 0.255 e. The number of carbonyl (C=O) groups is 1. The van der Waals surface area contributed by atoms with Crippen LogP contribution in [-0.4, -0.2) is 65.6 Å². The molecule has 0 unspecified atom stereocenters. The second-order valence-corrected chi connectivity index (χ2v) is 9.33. The van der Waals surface area contributed by atoms with Crippen LogP contribution in [0.25, 0.3) is 0 Å². The quantitative estimate of drug-likeness (QED) is 0.725. The number of hydrogen-bond donors (Lipinski definition) is 0. The number of nitrogens with zero attached hydrogens (tertiary/aromatic N) is 3. The highest BCUT2D eigenvalue weighted by Gasteiger charge is 2.37. The fraction of sp³-hybridized carbons (Fsp3) is 0.714. The molecule has 0 atom stereocenters. The Balaban J connectivity index is 1.22. The highest BCUT2D eigenvalue weighted by molar-refractivity contribution is 9.10. The topological polar surface area (TPSA) is 45.7 Å². The maximum absolute atomic E-state index is 12.7. The van der Waals surface area contributed by atoms with Gasteiger partial charge >= 0.3 is 0 Å². The summed E-state index contributed by atoms with van der Waals surface area (Å²) in [6, 6.07) is 1.86. The number of carbonyl (C=O) groups excluding carboxylic acids is 1. The zero-order chi connectivity index (χ0) is 18.7. The number of piperidine rings is 2. The number of pyridine rings is 1. The zero-order valence-electron chi connectivity index (χ0n) is 16.0. The van der Waals surface area contributed by atoms with Gasteiger partial charge in [-0.05, 0) is 72.9 Å². The van der Waals surface area contributed by atoms with Gasteiger partial charge in [0.2, 0.25) is 0 Å². The summed E-state index contributed by atoms with van der Waals surface area (Å²) in [5.74, 6) is 0.813. The molecule has 3 aliphatic rings. The van der Waals surface area contributed by atoms with Crippen LogP contribution in [0.5, 0.6) is 0 Å². The minimum Gasteiger partial charge on any atom is -0.375 e. The van der Waals surface area contributed by atoms with Gasteiger partial charge in [-0.15, -0.1) is 0 Å². The summed E-state index contributed by atoms with van der Waals surface area (Å²) in [6.07, 6.45) is 11.8. The minimum atomic E-state index is 0.108.